The van der Waals surface area contributed by atoms with Crippen LogP contribution in [0.5, 0.6) is 0 Å². The summed E-state index contributed by atoms with van der Waals surface area (Å²) in [6.07, 6.45) is 2.22. The van der Waals surface area contributed by atoms with Crippen molar-refractivity contribution in [2.75, 3.05) is 10.5 Å². The number of benzene rings is 1. The van der Waals surface area contributed by atoms with Crippen molar-refractivity contribution in [2.24, 2.45) is 0 Å². The van der Waals surface area contributed by atoms with Crippen LogP contribution in [-0.4, -0.2) is 18.5 Å². The summed E-state index contributed by atoms with van der Waals surface area (Å²) in [7, 11) is -4.05. The molecule has 0 bridgehead atoms. The van der Waals surface area contributed by atoms with Crippen molar-refractivity contribution in [3.05, 3.63) is 40.8 Å². The Morgan fingerprint density at radius 1 is 1.42 bits per heavy atom. The monoisotopic (exact) mass is 284 g/mol. The molecule has 19 heavy (non-hydrogen) atoms. The number of nitro benzene ring substituents is 1. The van der Waals surface area contributed by atoms with E-state index in [1.54, 1.807) is 0 Å². The zero-order valence-electron chi connectivity index (χ0n) is 9.31. The molecule has 0 atom stereocenters. The van der Waals surface area contributed by atoms with E-state index in [9.17, 15) is 18.5 Å². The van der Waals surface area contributed by atoms with Gasteiger partial charge in [-0.05, 0) is 6.07 Å². The van der Waals surface area contributed by atoms with Crippen LogP contribution in [0.2, 0.25) is 0 Å². The largest absolute Gasteiger partial charge is 0.398 e. The van der Waals surface area contributed by atoms with Crippen LogP contribution in [-0.2, 0) is 10.0 Å². The molecular weight excluding hydrogens is 276 g/mol. The second-order valence-corrected chi connectivity index (χ2v) is 5.15. The Kier molecular flexibility index (Phi) is 3.09. The summed E-state index contributed by atoms with van der Waals surface area (Å²) < 4.78 is 30.6. The molecule has 0 aliphatic carbocycles. The van der Waals surface area contributed by atoms with Crippen molar-refractivity contribution < 1.29 is 17.9 Å². The fourth-order valence-corrected chi connectivity index (χ4v) is 2.51. The van der Waals surface area contributed by atoms with Crippen molar-refractivity contribution in [1.82, 2.24) is 5.16 Å². The average molecular weight is 284 g/mol. The normalized spacial score (nSPS) is 11.2. The Morgan fingerprint density at radius 3 is 2.74 bits per heavy atom. The Labute approximate surface area is 107 Å². The highest BCUT2D eigenvalue weighted by molar-refractivity contribution is 7.92. The van der Waals surface area contributed by atoms with Gasteiger partial charge in [-0.1, -0.05) is 5.16 Å². The quantitative estimate of drug-likeness (QED) is 0.483. The van der Waals surface area contributed by atoms with Crippen LogP contribution < -0.4 is 10.5 Å². The number of aromatic nitrogens is 1. The van der Waals surface area contributed by atoms with Gasteiger partial charge in [-0.3, -0.25) is 14.8 Å². The predicted molar refractivity (Wildman–Crippen MR) is 64.8 cm³/mol. The van der Waals surface area contributed by atoms with E-state index >= 15 is 0 Å². The highest BCUT2D eigenvalue weighted by atomic mass is 32.2. The maximum absolute atomic E-state index is 12.0. The molecular formula is C9H8N4O5S. The van der Waals surface area contributed by atoms with Crippen LogP contribution in [0.4, 0.5) is 17.1 Å². The van der Waals surface area contributed by atoms with E-state index in [1.165, 1.54) is 0 Å². The van der Waals surface area contributed by atoms with E-state index < -0.39 is 14.9 Å². The minimum atomic E-state index is -4.05. The summed E-state index contributed by atoms with van der Waals surface area (Å²) in [5.41, 5.74) is 5.14. The Balaban J connectivity index is 2.45. The van der Waals surface area contributed by atoms with Crippen LogP contribution in [0.1, 0.15) is 0 Å². The molecule has 0 aliphatic heterocycles. The third-order valence-corrected chi connectivity index (χ3v) is 3.62. The number of nitrogens with zero attached hydrogens (tertiary/aromatic N) is 2. The van der Waals surface area contributed by atoms with Crippen LogP contribution in [0.3, 0.4) is 0 Å². The standard InChI is InChI=1S/C9H8N4O5S/c10-8-2-1-7(13(14)15)3-9(8)19(16,17)12-6-4-11-18-5-6/h1-5,12H,10H2. The number of nitro groups is 1. The van der Waals surface area contributed by atoms with Gasteiger partial charge >= 0.3 is 0 Å². The minimum absolute atomic E-state index is 0.0888. The third kappa shape index (κ3) is 2.63. The van der Waals surface area contributed by atoms with E-state index in [0.717, 1.165) is 30.7 Å². The van der Waals surface area contributed by atoms with E-state index in [4.69, 9.17) is 5.73 Å². The number of non-ortho nitro benzene ring substituents is 1. The van der Waals surface area contributed by atoms with Crippen LogP contribution >= 0.6 is 0 Å². The van der Waals surface area contributed by atoms with Gasteiger partial charge in [0.25, 0.3) is 15.7 Å². The molecule has 0 aliphatic rings. The number of rotatable bonds is 4. The van der Waals surface area contributed by atoms with Gasteiger partial charge in [0.1, 0.15) is 16.8 Å². The fraction of sp³-hybridized carbons (Fsp3) is 0. The maximum atomic E-state index is 12.0. The SMILES string of the molecule is Nc1ccc([N+](=O)[O-])cc1S(=O)(=O)Nc1cnoc1. The molecule has 0 saturated carbocycles. The summed E-state index contributed by atoms with van der Waals surface area (Å²) in [5.74, 6) is 0. The first kappa shape index (κ1) is 12.8. The molecule has 0 spiro atoms. The minimum Gasteiger partial charge on any atom is -0.398 e. The topological polar surface area (TPSA) is 141 Å². The molecule has 1 heterocycles. The van der Waals surface area contributed by atoms with Crippen LogP contribution in [0.25, 0.3) is 0 Å². The number of nitrogen functional groups attached to an aromatic ring is 1. The molecule has 0 unspecified atom stereocenters. The molecule has 10 heteroatoms. The average Bonchev–Trinajstić information content (AvgIpc) is 2.81. The molecule has 0 amide bonds. The smallest absolute Gasteiger partial charge is 0.270 e. The van der Waals surface area contributed by atoms with Gasteiger partial charge in [0, 0.05) is 12.1 Å². The molecule has 0 saturated heterocycles. The first-order chi connectivity index (χ1) is 8.90. The summed E-state index contributed by atoms with van der Waals surface area (Å²) in [6, 6.07) is 3.15. The fourth-order valence-electron chi connectivity index (χ4n) is 1.33. The Hall–Kier alpha value is -2.62. The van der Waals surface area contributed by atoms with Gasteiger partial charge in [0.05, 0.1) is 16.8 Å². The van der Waals surface area contributed by atoms with Gasteiger partial charge in [-0.25, -0.2) is 8.42 Å². The van der Waals surface area contributed by atoms with Crippen molar-refractivity contribution in [3.8, 4) is 0 Å². The number of anilines is 2. The van der Waals surface area contributed by atoms with E-state index in [1.807, 2.05) is 0 Å². The molecule has 2 rings (SSSR count). The highest BCUT2D eigenvalue weighted by Crippen LogP contribution is 2.25. The van der Waals surface area contributed by atoms with Gasteiger partial charge in [-0.2, -0.15) is 0 Å². The van der Waals surface area contributed by atoms with E-state index in [0.29, 0.717) is 0 Å². The van der Waals surface area contributed by atoms with E-state index in [-0.39, 0.29) is 22.0 Å². The predicted octanol–water partition coefficient (Wildman–Crippen LogP) is 0.966. The van der Waals surface area contributed by atoms with Gasteiger partial charge < -0.3 is 10.3 Å². The van der Waals surface area contributed by atoms with Crippen LogP contribution in [0.15, 0.2) is 40.1 Å². The second kappa shape index (κ2) is 4.57. The number of hydrogen-bond donors (Lipinski definition) is 2. The number of hydrogen-bond acceptors (Lipinski definition) is 7. The lowest BCUT2D eigenvalue weighted by molar-refractivity contribution is -0.385. The van der Waals surface area contributed by atoms with Gasteiger partial charge in [0.2, 0.25) is 0 Å². The summed E-state index contributed by atoms with van der Waals surface area (Å²) >= 11 is 0. The first-order valence-electron chi connectivity index (χ1n) is 4.86. The lowest BCUT2D eigenvalue weighted by atomic mass is 10.3. The van der Waals surface area contributed by atoms with Gasteiger partial charge in [0.15, 0.2) is 0 Å². The summed E-state index contributed by atoms with van der Waals surface area (Å²) in [6.45, 7) is 0. The number of nitrogens with two attached hydrogens (primary N) is 1. The van der Waals surface area contributed by atoms with Crippen molar-refractivity contribution in [1.29, 1.82) is 0 Å². The molecule has 100 valence electrons. The highest BCUT2D eigenvalue weighted by Gasteiger charge is 2.21. The molecule has 2 aromatic rings. The molecule has 1 aromatic carbocycles. The van der Waals surface area contributed by atoms with Gasteiger partial charge in [-0.15, -0.1) is 0 Å². The summed E-state index contributed by atoms with van der Waals surface area (Å²) in [4.78, 5) is 9.54. The Bertz CT molecular complexity index is 710. The lowest BCUT2D eigenvalue weighted by Gasteiger charge is -2.07. The van der Waals surface area contributed by atoms with Crippen molar-refractivity contribution in [3.63, 3.8) is 0 Å². The molecule has 3 N–H and O–H groups in total. The third-order valence-electron chi connectivity index (χ3n) is 2.18. The molecule has 0 fully saturated rings. The maximum Gasteiger partial charge on any atom is 0.270 e. The van der Waals surface area contributed by atoms with Crippen LogP contribution in [0, 0.1) is 10.1 Å². The Morgan fingerprint density at radius 2 is 2.16 bits per heavy atom. The lowest BCUT2D eigenvalue weighted by Crippen LogP contribution is -2.14. The first-order valence-corrected chi connectivity index (χ1v) is 6.34. The van der Waals surface area contributed by atoms with Crippen molar-refractivity contribution in [2.45, 2.75) is 4.90 Å². The summed E-state index contributed by atoms with van der Waals surface area (Å²) in [5, 5.41) is 14.0. The number of nitrogens with one attached hydrogen (secondary N) is 1. The second-order valence-electron chi connectivity index (χ2n) is 3.50. The molecule has 1 aromatic heterocycles. The molecule has 0 radical (unpaired) electrons. The molecule has 9 nitrogen and oxygen atoms in total. The zero-order chi connectivity index (χ0) is 14.0. The zero-order valence-corrected chi connectivity index (χ0v) is 10.1. The van der Waals surface area contributed by atoms with Crippen molar-refractivity contribution >= 4 is 27.1 Å². The number of sulfonamides is 1. The van der Waals surface area contributed by atoms with E-state index in [2.05, 4.69) is 14.4 Å².